The molecule has 8 nitrogen and oxygen atoms in total. The second-order valence-corrected chi connectivity index (χ2v) is 7.53. The van der Waals surface area contributed by atoms with E-state index in [4.69, 9.17) is 14.0 Å². The van der Waals surface area contributed by atoms with Gasteiger partial charge < -0.3 is 14.8 Å². The fourth-order valence-electron chi connectivity index (χ4n) is 2.45. The first-order chi connectivity index (χ1) is 12.3. The molecule has 3 rings (SSSR count). The van der Waals surface area contributed by atoms with Crippen molar-refractivity contribution in [1.29, 1.82) is 0 Å². The molecule has 0 saturated carbocycles. The van der Waals surface area contributed by atoms with Crippen molar-refractivity contribution in [3.05, 3.63) is 47.8 Å². The number of aryl methyl sites for hydroxylation is 1. The fraction of sp³-hybridized carbons (Fsp3) is 0.471. The molecule has 0 bridgehead atoms. The topological polar surface area (TPSA) is 103 Å². The summed E-state index contributed by atoms with van der Waals surface area (Å²) in [4.78, 5) is -0.0666. The lowest BCUT2D eigenvalue weighted by Gasteiger charge is -2.27. The number of hydrogen-bond acceptors (Lipinski definition) is 6. The number of ether oxygens (including phenoxy) is 2. The number of hydrogen-bond donors (Lipinski definition) is 2. The van der Waals surface area contributed by atoms with Gasteiger partial charge in [0.2, 0.25) is 0 Å². The van der Waals surface area contributed by atoms with E-state index in [1.54, 1.807) is 23.9 Å². The summed E-state index contributed by atoms with van der Waals surface area (Å²) in [5.74, 6) is 0. The average Bonchev–Trinajstić information content (AvgIpc) is 3.04. The standard InChI is InChI=1S/C10H17N3O2.C7H8O3S/c1-8-3-11-5-10(15-8)9-4-12-13(6-9)7-14-2;1-6-2-4-7(5-3-6)11(8,9)10/h4,6,8,10-11H,3,5,7H2,1-2H3;2-5H,1H3,(H,8,9,10)/t8-,10-;/m1./s1. The number of nitrogens with one attached hydrogen (secondary N) is 1. The molecule has 2 aromatic rings. The third-order valence-corrected chi connectivity index (χ3v) is 4.63. The van der Waals surface area contributed by atoms with Crippen LogP contribution in [0.3, 0.4) is 0 Å². The maximum absolute atomic E-state index is 10.5. The van der Waals surface area contributed by atoms with Gasteiger partial charge in [0, 0.05) is 32.0 Å². The molecule has 0 radical (unpaired) electrons. The number of benzene rings is 1. The number of morpholine rings is 1. The molecule has 1 aromatic heterocycles. The normalized spacial score (nSPS) is 20.3. The molecule has 2 heterocycles. The Kier molecular flexibility index (Phi) is 7.30. The summed E-state index contributed by atoms with van der Waals surface area (Å²) in [6, 6.07) is 5.99. The summed E-state index contributed by atoms with van der Waals surface area (Å²) < 4.78 is 42.1. The van der Waals surface area contributed by atoms with Gasteiger partial charge in [0.15, 0.2) is 0 Å². The lowest BCUT2D eigenvalue weighted by Crippen LogP contribution is -2.38. The van der Waals surface area contributed by atoms with E-state index in [1.807, 2.05) is 19.3 Å². The van der Waals surface area contributed by atoms with Crippen LogP contribution in [0.1, 0.15) is 24.2 Å². The van der Waals surface area contributed by atoms with E-state index in [2.05, 4.69) is 17.3 Å². The van der Waals surface area contributed by atoms with E-state index in [9.17, 15) is 8.42 Å². The lowest BCUT2D eigenvalue weighted by molar-refractivity contribution is -0.0288. The maximum atomic E-state index is 10.5. The second kappa shape index (κ2) is 9.24. The van der Waals surface area contributed by atoms with Crippen LogP contribution in [-0.2, 0) is 26.3 Å². The zero-order valence-corrected chi connectivity index (χ0v) is 15.9. The van der Waals surface area contributed by atoms with Gasteiger partial charge in [0.25, 0.3) is 10.1 Å². The summed E-state index contributed by atoms with van der Waals surface area (Å²) in [7, 11) is -2.36. The van der Waals surface area contributed by atoms with Gasteiger partial charge in [0.05, 0.1) is 23.3 Å². The first-order valence-electron chi connectivity index (χ1n) is 8.21. The molecule has 0 amide bonds. The Morgan fingerprint density at radius 1 is 1.35 bits per heavy atom. The van der Waals surface area contributed by atoms with Crippen LogP contribution in [0, 0.1) is 6.92 Å². The van der Waals surface area contributed by atoms with Crippen LogP contribution in [0.4, 0.5) is 0 Å². The molecule has 1 aliphatic heterocycles. The van der Waals surface area contributed by atoms with Gasteiger partial charge in [0.1, 0.15) is 6.73 Å². The summed E-state index contributed by atoms with van der Waals surface area (Å²) in [5.41, 5.74) is 2.06. The van der Waals surface area contributed by atoms with Crippen LogP contribution in [0.15, 0.2) is 41.6 Å². The fourth-order valence-corrected chi connectivity index (χ4v) is 2.93. The zero-order valence-electron chi connectivity index (χ0n) is 15.1. The Morgan fingerprint density at radius 3 is 2.62 bits per heavy atom. The van der Waals surface area contributed by atoms with E-state index in [-0.39, 0.29) is 17.1 Å². The highest BCUT2D eigenvalue weighted by Crippen LogP contribution is 2.20. The predicted molar refractivity (Wildman–Crippen MR) is 96.4 cm³/mol. The highest BCUT2D eigenvalue weighted by molar-refractivity contribution is 7.85. The van der Waals surface area contributed by atoms with Gasteiger partial charge in [-0.25, -0.2) is 4.68 Å². The summed E-state index contributed by atoms with van der Waals surface area (Å²) in [6.07, 6.45) is 4.17. The molecule has 0 spiro atoms. The molecule has 0 aliphatic carbocycles. The van der Waals surface area contributed by atoms with Crippen molar-refractivity contribution in [1.82, 2.24) is 15.1 Å². The third kappa shape index (κ3) is 6.19. The Bertz CT molecular complexity index is 789. The average molecular weight is 383 g/mol. The minimum Gasteiger partial charge on any atom is -0.368 e. The van der Waals surface area contributed by atoms with Crippen LogP contribution >= 0.6 is 0 Å². The maximum Gasteiger partial charge on any atom is 0.294 e. The van der Waals surface area contributed by atoms with Crippen LogP contribution in [0.2, 0.25) is 0 Å². The third-order valence-electron chi connectivity index (χ3n) is 3.76. The van der Waals surface area contributed by atoms with E-state index in [0.717, 1.165) is 24.2 Å². The van der Waals surface area contributed by atoms with Crippen molar-refractivity contribution in [2.45, 2.75) is 37.7 Å². The minimum absolute atomic E-state index is 0.0666. The summed E-state index contributed by atoms with van der Waals surface area (Å²) in [6.45, 7) is 6.16. The molecule has 26 heavy (non-hydrogen) atoms. The summed E-state index contributed by atoms with van der Waals surface area (Å²) >= 11 is 0. The monoisotopic (exact) mass is 383 g/mol. The van der Waals surface area contributed by atoms with Gasteiger partial charge in [-0.05, 0) is 26.0 Å². The molecule has 144 valence electrons. The number of methoxy groups -OCH3 is 1. The van der Waals surface area contributed by atoms with Gasteiger partial charge >= 0.3 is 0 Å². The minimum atomic E-state index is -4.02. The van der Waals surface area contributed by atoms with Crippen LogP contribution in [-0.4, -0.2) is 49.1 Å². The molecule has 1 aliphatic rings. The van der Waals surface area contributed by atoms with E-state index >= 15 is 0 Å². The van der Waals surface area contributed by atoms with Crippen LogP contribution in [0.25, 0.3) is 0 Å². The van der Waals surface area contributed by atoms with Crippen molar-refractivity contribution in [2.24, 2.45) is 0 Å². The van der Waals surface area contributed by atoms with E-state index < -0.39 is 10.1 Å². The van der Waals surface area contributed by atoms with E-state index in [0.29, 0.717) is 6.73 Å². The first-order valence-corrected chi connectivity index (χ1v) is 9.65. The van der Waals surface area contributed by atoms with Gasteiger partial charge in [-0.15, -0.1) is 0 Å². The zero-order chi connectivity index (χ0) is 19.2. The number of rotatable bonds is 4. The highest BCUT2D eigenvalue weighted by Gasteiger charge is 2.21. The van der Waals surface area contributed by atoms with Crippen molar-refractivity contribution in [3.8, 4) is 0 Å². The smallest absolute Gasteiger partial charge is 0.294 e. The van der Waals surface area contributed by atoms with Crippen LogP contribution < -0.4 is 5.32 Å². The summed E-state index contributed by atoms with van der Waals surface area (Å²) in [5, 5.41) is 7.52. The highest BCUT2D eigenvalue weighted by atomic mass is 32.2. The Morgan fingerprint density at radius 2 is 2.04 bits per heavy atom. The quantitative estimate of drug-likeness (QED) is 0.776. The van der Waals surface area contributed by atoms with Crippen molar-refractivity contribution in [2.75, 3.05) is 20.2 Å². The van der Waals surface area contributed by atoms with Crippen LogP contribution in [0.5, 0.6) is 0 Å². The van der Waals surface area contributed by atoms with Gasteiger partial charge in [-0.3, -0.25) is 4.55 Å². The molecule has 2 N–H and O–H groups in total. The van der Waals surface area contributed by atoms with E-state index in [1.165, 1.54) is 12.1 Å². The van der Waals surface area contributed by atoms with Crippen molar-refractivity contribution < 1.29 is 22.4 Å². The molecule has 1 saturated heterocycles. The molecule has 9 heteroatoms. The van der Waals surface area contributed by atoms with Gasteiger partial charge in [-0.1, -0.05) is 17.7 Å². The predicted octanol–water partition coefficient (Wildman–Crippen LogP) is 1.78. The molecule has 1 aromatic carbocycles. The van der Waals surface area contributed by atoms with Gasteiger partial charge in [-0.2, -0.15) is 13.5 Å². The largest absolute Gasteiger partial charge is 0.368 e. The Balaban J connectivity index is 0.000000197. The molecule has 0 unspecified atom stereocenters. The molecule has 2 atom stereocenters. The first kappa shape index (κ1) is 20.5. The SMILES string of the molecule is COCn1cc([C@H]2CNC[C@@H](C)O2)cn1.Cc1ccc(S(=O)(=O)O)cc1. The molecule has 1 fully saturated rings. The Hall–Kier alpha value is -1.78. The molecular weight excluding hydrogens is 358 g/mol. The number of aromatic nitrogens is 2. The number of nitrogens with zero attached hydrogens (tertiary/aromatic N) is 2. The lowest BCUT2D eigenvalue weighted by atomic mass is 10.1. The molecular formula is C17H25N3O5S. The van der Waals surface area contributed by atoms with Crippen molar-refractivity contribution >= 4 is 10.1 Å². The second-order valence-electron chi connectivity index (χ2n) is 6.11. The Labute approximate surface area is 153 Å². The van der Waals surface area contributed by atoms with Crippen molar-refractivity contribution in [3.63, 3.8) is 0 Å².